The second-order valence-electron chi connectivity index (χ2n) is 5.45. The van der Waals surface area contributed by atoms with Crippen molar-refractivity contribution in [1.29, 1.82) is 0 Å². The maximum atomic E-state index is 5.24. The van der Waals surface area contributed by atoms with Crippen LogP contribution in [-0.2, 0) is 0 Å². The molecular formula is C16H25NO. The Labute approximate surface area is 111 Å². The van der Waals surface area contributed by atoms with Crippen molar-refractivity contribution in [1.82, 2.24) is 0 Å². The van der Waals surface area contributed by atoms with Gasteiger partial charge in [0.1, 0.15) is 5.75 Å². The summed E-state index contributed by atoms with van der Waals surface area (Å²) in [4.78, 5) is 0. The van der Waals surface area contributed by atoms with E-state index in [0.717, 1.165) is 11.7 Å². The van der Waals surface area contributed by atoms with Crippen LogP contribution in [0.2, 0.25) is 0 Å². The fourth-order valence-corrected chi connectivity index (χ4v) is 2.86. The van der Waals surface area contributed by atoms with Crippen LogP contribution >= 0.6 is 0 Å². The highest BCUT2D eigenvalue weighted by molar-refractivity contribution is 5.54. The van der Waals surface area contributed by atoms with Crippen LogP contribution in [0.3, 0.4) is 0 Å². The molecule has 0 aliphatic heterocycles. The summed E-state index contributed by atoms with van der Waals surface area (Å²) in [5, 5.41) is 3.69. The van der Waals surface area contributed by atoms with Gasteiger partial charge in [-0.05, 0) is 62.3 Å². The summed E-state index contributed by atoms with van der Waals surface area (Å²) in [7, 11) is 1.72. The number of nitrogens with one attached hydrogen (secondary N) is 1. The zero-order valence-electron chi connectivity index (χ0n) is 11.8. The summed E-state index contributed by atoms with van der Waals surface area (Å²) in [5.74, 6) is 1.90. The van der Waals surface area contributed by atoms with E-state index in [4.69, 9.17) is 4.74 Å². The van der Waals surface area contributed by atoms with E-state index in [1.165, 1.54) is 43.4 Å². The normalized spacial score (nSPS) is 23.7. The summed E-state index contributed by atoms with van der Waals surface area (Å²) in [6, 6.07) is 6.92. The monoisotopic (exact) mass is 247 g/mol. The lowest BCUT2D eigenvalue weighted by Crippen LogP contribution is -2.26. The maximum absolute atomic E-state index is 5.24. The highest BCUT2D eigenvalue weighted by atomic mass is 16.5. The number of ether oxygens (including phenoxy) is 1. The van der Waals surface area contributed by atoms with E-state index < -0.39 is 0 Å². The van der Waals surface area contributed by atoms with Crippen molar-refractivity contribution >= 4 is 5.69 Å². The highest BCUT2D eigenvalue weighted by Crippen LogP contribution is 2.30. The molecule has 0 spiro atoms. The zero-order chi connectivity index (χ0) is 13.0. The van der Waals surface area contributed by atoms with E-state index in [2.05, 4.69) is 31.3 Å². The molecule has 0 saturated heterocycles. The number of anilines is 1. The molecule has 2 rings (SSSR count). The van der Waals surface area contributed by atoms with Crippen molar-refractivity contribution in [3.05, 3.63) is 23.8 Å². The maximum Gasteiger partial charge on any atom is 0.119 e. The Morgan fingerprint density at radius 1 is 1.22 bits per heavy atom. The summed E-state index contributed by atoms with van der Waals surface area (Å²) in [5.41, 5.74) is 2.53. The first-order valence-corrected chi connectivity index (χ1v) is 7.14. The van der Waals surface area contributed by atoms with E-state index in [0.29, 0.717) is 6.04 Å². The van der Waals surface area contributed by atoms with Gasteiger partial charge < -0.3 is 10.1 Å². The van der Waals surface area contributed by atoms with Crippen LogP contribution in [0.25, 0.3) is 0 Å². The van der Waals surface area contributed by atoms with Gasteiger partial charge in [-0.15, -0.1) is 0 Å². The van der Waals surface area contributed by atoms with Gasteiger partial charge in [-0.25, -0.2) is 0 Å². The van der Waals surface area contributed by atoms with E-state index in [1.54, 1.807) is 7.11 Å². The SMILES string of the molecule is CCC1CCC(Nc2ccc(OC)cc2C)CC1. The first kappa shape index (κ1) is 13.3. The van der Waals surface area contributed by atoms with E-state index in [9.17, 15) is 0 Å². The van der Waals surface area contributed by atoms with Crippen LogP contribution in [-0.4, -0.2) is 13.2 Å². The lowest BCUT2D eigenvalue weighted by molar-refractivity contribution is 0.330. The molecule has 0 unspecified atom stereocenters. The smallest absolute Gasteiger partial charge is 0.119 e. The Kier molecular flexibility index (Phi) is 4.51. The van der Waals surface area contributed by atoms with Crippen LogP contribution in [0, 0.1) is 12.8 Å². The van der Waals surface area contributed by atoms with Crippen LogP contribution in [0.1, 0.15) is 44.6 Å². The number of aryl methyl sites for hydroxylation is 1. The Morgan fingerprint density at radius 2 is 1.94 bits per heavy atom. The molecule has 1 fully saturated rings. The molecule has 1 saturated carbocycles. The molecule has 0 bridgehead atoms. The van der Waals surface area contributed by atoms with Crippen molar-refractivity contribution in [2.45, 2.75) is 52.0 Å². The van der Waals surface area contributed by atoms with E-state index in [-0.39, 0.29) is 0 Å². The first-order valence-electron chi connectivity index (χ1n) is 7.14. The molecule has 1 N–H and O–H groups in total. The zero-order valence-corrected chi connectivity index (χ0v) is 11.8. The van der Waals surface area contributed by atoms with Crippen LogP contribution in [0.15, 0.2) is 18.2 Å². The molecule has 1 aromatic carbocycles. The number of hydrogen-bond donors (Lipinski definition) is 1. The third-order valence-corrected chi connectivity index (χ3v) is 4.22. The van der Waals surface area contributed by atoms with Gasteiger partial charge in [-0.3, -0.25) is 0 Å². The average molecular weight is 247 g/mol. The van der Waals surface area contributed by atoms with Crippen molar-refractivity contribution in [3.63, 3.8) is 0 Å². The van der Waals surface area contributed by atoms with Crippen molar-refractivity contribution in [2.24, 2.45) is 5.92 Å². The Morgan fingerprint density at radius 3 is 2.50 bits per heavy atom. The minimum Gasteiger partial charge on any atom is -0.497 e. The highest BCUT2D eigenvalue weighted by Gasteiger charge is 2.20. The molecule has 0 amide bonds. The van der Waals surface area contributed by atoms with E-state index in [1.807, 2.05) is 6.07 Å². The average Bonchev–Trinajstić information content (AvgIpc) is 2.42. The molecule has 2 nitrogen and oxygen atoms in total. The molecule has 0 atom stereocenters. The second kappa shape index (κ2) is 6.12. The van der Waals surface area contributed by atoms with Gasteiger partial charge in [-0.1, -0.05) is 13.3 Å². The third kappa shape index (κ3) is 3.18. The van der Waals surface area contributed by atoms with Crippen LogP contribution < -0.4 is 10.1 Å². The predicted molar refractivity (Wildman–Crippen MR) is 77.4 cm³/mol. The fourth-order valence-electron chi connectivity index (χ4n) is 2.86. The fraction of sp³-hybridized carbons (Fsp3) is 0.625. The molecule has 0 aromatic heterocycles. The van der Waals surface area contributed by atoms with Crippen molar-refractivity contribution < 1.29 is 4.74 Å². The molecule has 0 radical (unpaired) electrons. The van der Waals surface area contributed by atoms with Gasteiger partial charge in [0.2, 0.25) is 0 Å². The minimum absolute atomic E-state index is 0.653. The van der Waals surface area contributed by atoms with E-state index >= 15 is 0 Å². The summed E-state index contributed by atoms with van der Waals surface area (Å²) in [6.07, 6.45) is 6.72. The predicted octanol–water partition coefficient (Wildman–Crippen LogP) is 4.38. The molecule has 18 heavy (non-hydrogen) atoms. The lowest BCUT2D eigenvalue weighted by atomic mass is 9.84. The number of benzene rings is 1. The topological polar surface area (TPSA) is 21.3 Å². The number of rotatable bonds is 4. The largest absolute Gasteiger partial charge is 0.497 e. The molecular weight excluding hydrogens is 222 g/mol. The lowest BCUT2D eigenvalue weighted by Gasteiger charge is -2.29. The molecule has 1 aliphatic rings. The summed E-state index contributed by atoms with van der Waals surface area (Å²) in [6.45, 7) is 4.45. The Balaban J connectivity index is 1.94. The first-order chi connectivity index (χ1) is 8.72. The Bertz CT molecular complexity index is 381. The number of methoxy groups -OCH3 is 1. The molecule has 2 heteroatoms. The van der Waals surface area contributed by atoms with Gasteiger partial charge in [0.15, 0.2) is 0 Å². The van der Waals surface area contributed by atoms with Gasteiger partial charge in [-0.2, -0.15) is 0 Å². The van der Waals surface area contributed by atoms with Gasteiger partial charge in [0.25, 0.3) is 0 Å². The second-order valence-corrected chi connectivity index (χ2v) is 5.45. The van der Waals surface area contributed by atoms with Gasteiger partial charge >= 0.3 is 0 Å². The van der Waals surface area contributed by atoms with Crippen LogP contribution in [0.5, 0.6) is 5.75 Å². The van der Waals surface area contributed by atoms with Gasteiger partial charge in [0, 0.05) is 11.7 Å². The molecule has 0 heterocycles. The Hall–Kier alpha value is -1.18. The van der Waals surface area contributed by atoms with Crippen molar-refractivity contribution in [3.8, 4) is 5.75 Å². The summed E-state index contributed by atoms with van der Waals surface area (Å²) < 4.78 is 5.24. The number of hydrogen-bond acceptors (Lipinski definition) is 2. The molecule has 1 aromatic rings. The summed E-state index contributed by atoms with van der Waals surface area (Å²) >= 11 is 0. The minimum atomic E-state index is 0.653. The molecule has 100 valence electrons. The van der Waals surface area contributed by atoms with Crippen molar-refractivity contribution in [2.75, 3.05) is 12.4 Å². The standard InChI is InChI=1S/C16H25NO/c1-4-13-5-7-14(8-6-13)17-16-10-9-15(18-3)11-12(16)2/h9-11,13-14,17H,4-8H2,1-3H3. The third-order valence-electron chi connectivity index (χ3n) is 4.22. The van der Waals surface area contributed by atoms with Crippen LogP contribution in [0.4, 0.5) is 5.69 Å². The quantitative estimate of drug-likeness (QED) is 0.852. The van der Waals surface area contributed by atoms with Gasteiger partial charge in [0.05, 0.1) is 7.11 Å². The molecule has 1 aliphatic carbocycles.